The van der Waals surface area contributed by atoms with Crippen LogP contribution in [0, 0.1) is 0 Å². The summed E-state index contributed by atoms with van der Waals surface area (Å²) in [5.74, 6) is 1.08. The summed E-state index contributed by atoms with van der Waals surface area (Å²) in [6.45, 7) is 4.75. The molecule has 0 aliphatic carbocycles. The summed E-state index contributed by atoms with van der Waals surface area (Å²) >= 11 is 5.85. The fourth-order valence-electron chi connectivity index (χ4n) is 1.99. The van der Waals surface area contributed by atoms with Crippen LogP contribution in [0.3, 0.4) is 0 Å². The lowest BCUT2D eigenvalue weighted by molar-refractivity contribution is -0.131. The molecule has 0 radical (unpaired) electrons. The van der Waals surface area contributed by atoms with Crippen molar-refractivity contribution in [3.05, 3.63) is 11.2 Å². The van der Waals surface area contributed by atoms with E-state index in [4.69, 9.17) is 17.3 Å². The Balaban J connectivity index is 2.03. The molecule has 2 heterocycles. The van der Waals surface area contributed by atoms with Gasteiger partial charge in [-0.3, -0.25) is 4.79 Å². The van der Waals surface area contributed by atoms with E-state index in [0.29, 0.717) is 24.7 Å². The molecule has 0 atom stereocenters. The van der Waals surface area contributed by atoms with Crippen LogP contribution in [0.25, 0.3) is 0 Å². The first-order chi connectivity index (χ1) is 8.60. The number of carbonyl (C=O) groups excluding carboxylic acids is 1. The van der Waals surface area contributed by atoms with Crippen molar-refractivity contribution in [1.29, 1.82) is 0 Å². The van der Waals surface area contributed by atoms with E-state index in [1.54, 1.807) is 6.07 Å². The normalized spacial score (nSPS) is 15.9. The van der Waals surface area contributed by atoms with Crippen molar-refractivity contribution in [3.63, 3.8) is 0 Å². The second kappa shape index (κ2) is 5.39. The van der Waals surface area contributed by atoms with Crippen molar-refractivity contribution in [1.82, 2.24) is 14.9 Å². The Labute approximate surface area is 111 Å². The molecule has 1 fully saturated rings. The van der Waals surface area contributed by atoms with Crippen molar-refractivity contribution in [2.45, 2.75) is 13.3 Å². The number of rotatable bonds is 2. The average molecular weight is 270 g/mol. The summed E-state index contributed by atoms with van der Waals surface area (Å²) < 4.78 is 0. The second-order valence-electron chi connectivity index (χ2n) is 4.13. The monoisotopic (exact) mass is 269 g/mol. The van der Waals surface area contributed by atoms with E-state index in [1.165, 1.54) is 0 Å². The lowest BCUT2D eigenvalue weighted by atomic mass is 10.3. The van der Waals surface area contributed by atoms with E-state index < -0.39 is 0 Å². The minimum atomic E-state index is 0.171. The Bertz CT molecular complexity index is 425. The Hall–Kier alpha value is -1.56. The smallest absolute Gasteiger partial charge is 0.223 e. The van der Waals surface area contributed by atoms with Crippen LogP contribution in [0.5, 0.6) is 0 Å². The molecule has 0 bridgehead atoms. The molecule has 1 saturated heterocycles. The number of nitrogen functional groups attached to an aromatic ring is 1. The molecule has 2 rings (SSSR count). The molecular weight excluding hydrogens is 254 g/mol. The minimum absolute atomic E-state index is 0.171. The molecule has 18 heavy (non-hydrogen) atoms. The number of aromatic nitrogens is 2. The van der Waals surface area contributed by atoms with Crippen LogP contribution in [0.15, 0.2) is 6.07 Å². The molecule has 6 nitrogen and oxygen atoms in total. The zero-order valence-electron chi connectivity index (χ0n) is 10.3. The molecule has 0 spiro atoms. The predicted octanol–water partition coefficient (Wildman–Crippen LogP) is 0.771. The van der Waals surface area contributed by atoms with Crippen LogP contribution in [-0.4, -0.2) is 47.0 Å². The average Bonchev–Trinajstić information content (AvgIpc) is 2.37. The first-order valence-corrected chi connectivity index (χ1v) is 6.30. The molecule has 1 aliphatic rings. The molecule has 1 aromatic heterocycles. The highest BCUT2D eigenvalue weighted by Crippen LogP contribution is 2.18. The van der Waals surface area contributed by atoms with Crippen molar-refractivity contribution >= 4 is 29.3 Å². The number of piperazine rings is 1. The fraction of sp³-hybridized carbons (Fsp3) is 0.545. The van der Waals surface area contributed by atoms with Gasteiger partial charge in [0, 0.05) is 38.7 Å². The van der Waals surface area contributed by atoms with Crippen LogP contribution in [-0.2, 0) is 4.79 Å². The number of carbonyl (C=O) groups is 1. The van der Waals surface area contributed by atoms with Crippen LogP contribution < -0.4 is 10.6 Å². The topological polar surface area (TPSA) is 75.4 Å². The maximum Gasteiger partial charge on any atom is 0.223 e. The van der Waals surface area contributed by atoms with Gasteiger partial charge in [-0.25, -0.2) is 4.98 Å². The van der Waals surface area contributed by atoms with E-state index in [1.807, 2.05) is 11.8 Å². The van der Waals surface area contributed by atoms with Gasteiger partial charge in [0.25, 0.3) is 0 Å². The lowest BCUT2D eigenvalue weighted by Gasteiger charge is -2.35. The SMILES string of the molecule is CCC(=O)N1CCN(c2cc(Cl)nc(N)n2)CC1. The largest absolute Gasteiger partial charge is 0.368 e. The maximum atomic E-state index is 11.6. The number of hydrogen-bond donors (Lipinski definition) is 1. The van der Waals surface area contributed by atoms with E-state index in [2.05, 4.69) is 14.9 Å². The van der Waals surface area contributed by atoms with Crippen molar-refractivity contribution in [2.75, 3.05) is 36.8 Å². The zero-order chi connectivity index (χ0) is 13.1. The lowest BCUT2D eigenvalue weighted by Crippen LogP contribution is -2.48. The third-order valence-corrected chi connectivity index (χ3v) is 3.15. The highest BCUT2D eigenvalue weighted by molar-refractivity contribution is 6.29. The van der Waals surface area contributed by atoms with Crippen molar-refractivity contribution in [2.24, 2.45) is 0 Å². The van der Waals surface area contributed by atoms with Crippen molar-refractivity contribution < 1.29 is 4.79 Å². The fourth-order valence-corrected chi connectivity index (χ4v) is 2.18. The zero-order valence-corrected chi connectivity index (χ0v) is 11.0. The standard InChI is InChI=1S/C11H16ClN5O/c1-2-10(18)17-5-3-16(4-6-17)9-7-8(12)14-11(13)15-9/h7H,2-6H2,1H3,(H2,13,14,15). The third kappa shape index (κ3) is 2.81. The number of nitrogens with two attached hydrogens (primary N) is 1. The van der Waals surface area contributed by atoms with Gasteiger partial charge in [0.05, 0.1) is 0 Å². The van der Waals surface area contributed by atoms with Gasteiger partial charge >= 0.3 is 0 Å². The van der Waals surface area contributed by atoms with Crippen molar-refractivity contribution in [3.8, 4) is 0 Å². The van der Waals surface area contributed by atoms with E-state index >= 15 is 0 Å². The molecule has 2 N–H and O–H groups in total. The molecule has 1 amide bonds. The van der Waals surface area contributed by atoms with Crippen LogP contribution >= 0.6 is 11.6 Å². The second-order valence-corrected chi connectivity index (χ2v) is 4.52. The number of hydrogen-bond acceptors (Lipinski definition) is 5. The van der Waals surface area contributed by atoms with Gasteiger partial charge in [-0.15, -0.1) is 0 Å². The molecular formula is C11H16ClN5O. The summed E-state index contributed by atoms with van der Waals surface area (Å²) in [5, 5.41) is 0.338. The summed E-state index contributed by atoms with van der Waals surface area (Å²) in [6, 6.07) is 1.69. The van der Waals surface area contributed by atoms with Gasteiger partial charge in [-0.2, -0.15) is 4.98 Å². The first-order valence-electron chi connectivity index (χ1n) is 5.93. The Morgan fingerprint density at radius 2 is 2.06 bits per heavy atom. The Morgan fingerprint density at radius 3 is 2.61 bits per heavy atom. The number of anilines is 2. The van der Waals surface area contributed by atoms with Gasteiger partial charge in [0.1, 0.15) is 11.0 Å². The molecule has 0 aromatic carbocycles. The van der Waals surface area contributed by atoms with Crippen LogP contribution in [0.4, 0.5) is 11.8 Å². The summed E-state index contributed by atoms with van der Waals surface area (Å²) in [7, 11) is 0. The van der Waals surface area contributed by atoms with Gasteiger partial charge < -0.3 is 15.5 Å². The molecule has 1 aliphatic heterocycles. The summed E-state index contributed by atoms with van der Waals surface area (Å²) in [4.78, 5) is 23.5. The maximum absolute atomic E-state index is 11.6. The Kier molecular flexibility index (Phi) is 3.86. The summed E-state index contributed by atoms with van der Waals surface area (Å²) in [5.41, 5.74) is 5.57. The van der Waals surface area contributed by atoms with Crippen LogP contribution in [0.2, 0.25) is 5.15 Å². The van der Waals surface area contributed by atoms with E-state index in [-0.39, 0.29) is 11.9 Å². The first kappa shape index (κ1) is 12.9. The number of amides is 1. The van der Waals surface area contributed by atoms with E-state index in [0.717, 1.165) is 18.9 Å². The van der Waals surface area contributed by atoms with Gasteiger partial charge in [-0.1, -0.05) is 18.5 Å². The Morgan fingerprint density at radius 1 is 1.39 bits per heavy atom. The highest BCUT2D eigenvalue weighted by atomic mass is 35.5. The molecule has 98 valence electrons. The summed E-state index contributed by atoms with van der Waals surface area (Å²) in [6.07, 6.45) is 0.548. The van der Waals surface area contributed by atoms with Gasteiger partial charge in [-0.05, 0) is 0 Å². The number of halogens is 1. The molecule has 7 heteroatoms. The molecule has 1 aromatic rings. The minimum Gasteiger partial charge on any atom is -0.368 e. The quantitative estimate of drug-likeness (QED) is 0.803. The van der Waals surface area contributed by atoms with Gasteiger partial charge in [0.15, 0.2) is 0 Å². The van der Waals surface area contributed by atoms with Crippen LogP contribution in [0.1, 0.15) is 13.3 Å². The molecule has 0 unspecified atom stereocenters. The van der Waals surface area contributed by atoms with E-state index in [9.17, 15) is 4.79 Å². The highest BCUT2D eigenvalue weighted by Gasteiger charge is 2.21. The third-order valence-electron chi connectivity index (χ3n) is 2.96. The molecule has 0 saturated carbocycles. The predicted molar refractivity (Wildman–Crippen MR) is 70.5 cm³/mol. The number of nitrogens with zero attached hydrogens (tertiary/aromatic N) is 4. The van der Waals surface area contributed by atoms with Gasteiger partial charge in [0.2, 0.25) is 11.9 Å².